The molecule has 0 unspecified atom stereocenters. The lowest BCUT2D eigenvalue weighted by molar-refractivity contribution is -0.137. The van der Waals surface area contributed by atoms with Crippen LogP contribution in [-0.4, -0.2) is 17.0 Å². The van der Waals surface area contributed by atoms with Gasteiger partial charge in [-0.25, -0.2) is 0 Å². The molecule has 0 bridgehead atoms. The van der Waals surface area contributed by atoms with E-state index < -0.39 is 34.9 Å². The van der Waals surface area contributed by atoms with Crippen molar-refractivity contribution < 1.29 is 23.1 Å². The highest BCUT2D eigenvalue weighted by molar-refractivity contribution is 6.09. The largest absolute Gasteiger partial charge is 0.507 e. The number of hydrogen-bond acceptors (Lipinski definition) is 3. The Morgan fingerprint density at radius 3 is 2.42 bits per heavy atom. The summed E-state index contributed by atoms with van der Waals surface area (Å²) in [5.41, 5.74) is 8.93. The van der Waals surface area contributed by atoms with Gasteiger partial charge in [-0.1, -0.05) is 6.07 Å². The monoisotopic (exact) mass is 362 g/mol. The SMILES string of the molecule is Cc1ccc(C(F)(F)F)cc1-c1c(C#N)ccc(O)c1C(=O)N=C(N)N. The van der Waals surface area contributed by atoms with E-state index in [4.69, 9.17) is 11.5 Å². The molecule has 0 saturated carbocycles. The molecule has 6 nitrogen and oxygen atoms in total. The van der Waals surface area contributed by atoms with E-state index in [1.54, 1.807) is 6.07 Å². The van der Waals surface area contributed by atoms with E-state index >= 15 is 0 Å². The Balaban J connectivity index is 2.90. The van der Waals surface area contributed by atoms with Crippen molar-refractivity contribution in [3.05, 3.63) is 52.6 Å². The molecule has 26 heavy (non-hydrogen) atoms. The number of nitrogens with two attached hydrogens (primary N) is 2. The van der Waals surface area contributed by atoms with Crippen LogP contribution in [0.15, 0.2) is 35.3 Å². The summed E-state index contributed by atoms with van der Waals surface area (Å²) in [4.78, 5) is 15.6. The number of phenols is 1. The van der Waals surface area contributed by atoms with Gasteiger partial charge in [-0.2, -0.15) is 23.4 Å². The van der Waals surface area contributed by atoms with Crippen LogP contribution in [0.2, 0.25) is 0 Å². The quantitative estimate of drug-likeness (QED) is 0.559. The van der Waals surface area contributed by atoms with Crippen LogP contribution < -0.4 is 11.5 Å². The topological polar surface area (TPSA) is 125 Å². The zero-order valence-electron chi connectivity index (χ0n) is 13.4. The van der Waals surface area contributed by atoms with Crippen molar-refractivity contribution in [1.82, 2.24) is 0 Å². The number of benzene rings is 2. The van der Waals surface area contributed by atoms with Crippen LogP contribution in [-0.2, 0) is 6.18 Å². The molecular formula is C17H13F3N4O2. The van der Waals surface area contributed by atoms with Gasteiger partial charge in [0.1, 0.15) is 5.75 Å². The standard InChI is InChI=1S/C17H13F3N4O2/c1-8-2-4-10(17(18,19)20)6-11(8)13-9(7-21)3-5-12(25)14(13)15(26)24-16(22)23/h2-6,25H,1H3,(H4,22,23,24,26). The van der Waals surface area contributed by atoms with Crippen molar-refractivity contribution in [2.24, 2.45) is 16.5 Å². The number of nitriles is 1. The lowest BCUT2D eigenvalue weighted by Crippen LogP contribution is -2.24. The molecule has 0 radical (unpaired) electrons. The Morgan fingerprint density at radius 1 is 1.23 bits per heavy atom. The first-order valence-electron chi connectivity index (χ1n) is 7.14. The Morgan fingerprint density at radius 2 is 1.88 bits per heavy atom. The van der Waals surface area contributed by atoms with Crippen molar-refractivity contribution >= 4 is 11.9 Å². The molecule has 134 valence electrons. The molecule has 2 rings (SSSR count). The normalized spacial score (nSPS) is 10.9. The number of halogens is 3. The van der Waals surface area contributed by atoms with Gasteiger partial charge < -0.3 is 16.6 Å². The molecule has 0 aliphatic rings. The van der Waals surface area contributed by atoms with Gasteiger partial charge in [-0.3, -0.25) is 4.79 Å². The van der Waals surface area contributed by atoms with Gasteiger partial charge in [0.2, 0.25) is 0 Å². The Hall–Kier alpha value is -3.54. The molecule has 0 fully saturated rings. The molecule has 9 heteroatoms. The maximum Gasteiger partial charge on any atom is 0.416 e. The van der Waals surface area contributed by atoms with Crippen LogP contribution in [0.4, 0.5) is 13.2 Å². The summed E-state index contributed by atoms with van der Waals surface area (Å²) in [6.07, 6.45) is -4.63. The lowest BCUT2D eigenvalue weighted by atomic mass is 9.89. The number of carbonyl (C=O) groups excluding carboxylic acids is 1. The van der Waals surface area contributed by atoms with Crippen LogP contribution in [0.5, 0.6) is 5.75 Å². The molecule has 0 aliphatic heterocycles. The average molecular weight is 362 g/mol. The van der Waals surface area contributed by atoms with E-state index in [-0.39, 0.29) is 16.7 Å². The van der Waals surface area contributed by atoms with Crippen molar-refractivity contribution in [2.45, 2.75) is 13.1 Å². The van der Waals surface area contributed by atoms with Gasteiger partial charge in [0, 0.05) is 5.56 Å². The molecule has 0 aromatic heterocycles. The van der Waals surface area contributed by atoms with Gasteiger partial charge in [-0.05, 0) is 42.3 Å². The molecule has 0 aliphatic carbocycles. The fourth-order valence-corrected chi connectivity index (χ4v) is 2.42. The van der Waals surface area contributed by atoms with Crippen LogP contribution >= 0.6 is 0 Å². The molecule has 0 spiro atoms. The van der Waals surface area contributed by atoms with E-state index in [0.29, 0.717) is 5.56 Å². The van der Waals surface area contributed by atoms with E-state index in [0.717, 1.165) is 18.2 Å². The third-order valence-electron chi connectivity index (χ3n) is 3.58. The number of alkyl halides is 3. The van der Waals surface area contributed by atoms with Gasteiger partial charge in [0.25, 0.3) is 5.91 Å². The number of aromatic hydroxyl groups is 1. The summed E-state index contributed by atoms with van der Waals surface area (Å²) in [5.74, 6) is -2.24. The number of rotatable bonds is 2. The number of phenolic OH excluding ortho intramolecular Hbond substituents is 1. The van der Waals surface area contributed by atoms with E-state index in [2.05, 4.69) is 4.99 Å². The Kier molecular flexibility index (Phi) is 4.88. The third kappa shape index (κ3) is 3.59. The van der Waals surface area contributed by atoms with Crippen LogP contribution in [0, 0.1) is 18.3 Å². The number of aliphatic imine (C=N–C) groups is 1. The highest BCUT2D eigenvalue weighted by Crippen LogP contribution is 2.39. The molecule has 2 aromatic rings. The second-order valence-electron chi connectivity index (χ2n) is 5.36. The van der Waals surface area contributed by atoms with Crippen molar-refractivity contribution in [1.29, 1.82) is 5.26 Å². The first kappa shape index (κ1) is 18.8. The van der Waals surface area contributed by atoms with Gasteiger partial charge in [-0.15, -0.1) is 0 Å². The average Bonchev–Trinajstić information content (AvgIpc) is 2.53. The van der Waals surface area contributed by atoms with E-state index in [1.165, 1.54) is 19.1 Å². The highest BCUT2D eigenvalue weighted by atomic mass is 19.4. The molecule has 2 aromatic carbocycles. The Labute approximate surface area is 146 Å². The second kappa shape index (κ2) is 6.76. The van der Waals surface area contributed by atoms with Gasteiger partial charge in [0.15, 0.2) is 5.96 Å². The maximum absolute atomic E-state index is 13.1. The summed E-state index contributed by atoms with van der Waals surface area (Å²) in [7, 11) is 0. The number of guanidine groups is 1. The minimum Gasteiger partial charge on any atom is -0.507 e. The van der Waals surface area contributed by atoms with Crippen LogP contribution in [0.25, 0.3) is 11.1 Å². The molecule has 0 atom stereocenters. The number of hydrogen-bond donors (Lipinski definition) is 3. The summed E-state index contributed by atoms with van der Waals surface area (Å²) >= 11 is 0. The third-order valence-corrected chi connectivity index (χ3v) is 3.58. The molecular weight excluding hydrogens is 349 g/mol. The minimum absolute atomic E-state index is 0.0404. The van der Waals surface area contributed by atoms with E-state index in [9.17, 15) is 28.3 Å². The first-order valence-corrected chi connectivity index (χ1v) is 7.14. The molecule has 1 amide bonds. The van der Waals surface area contributed by atoms with Gasteiger partial charge >= 0.3 is 6.18 Å². The lowest BCUT2D eigenvalue weighted by Gasteiger charge is -2.16. The smallest absolute Gasteiger partial charge is 0.416 e. The summed E-state index contributed by atoms with van der Waals surface area (Å²) in [6.45, 7) is 1.51. The Bertz CT molecular complexity index is 956. The zero-order valence-corrected chi connectivity index (χ0v) is 13.4. The molecule has 0 heterocycles. The number of aryl methyl sites for hydroxylation is 1. The summed E-state index contributed by atoms with van der Waals surface area (Å²) < 4.78 is 39.2. The van der Waals surface area contributed by atoms with E-state index in [1.807, 2.05) is 0 Å². The number of nitrogens with zero attached hydrogens (tertiary/aromatic N) is 2. The van der Waals surface area contributed by atoms with Crippen molar-refractivity contribution in [3.8, 4) is 22.9 Å². The van der Waals surface area contributed by atoms with Crippen molar-refractivity contribution in [3.63, 3.8) is 0 Å². The zero-order chi connectivity index (χ0) is 19.6. The maximum atomic E-state index is 13.1. The van der Waals surface area contributed by atoms with Crippen LogP contribution in [0.3, 0.4) is 0 Å². The second-order valence-corrected chi connectivity index (χ2v) is 5.36. The highest BCUT2D eigenvalue weighted by Gasteiger charge is 2.32. The molecule has 0 saturated heterocycles. The summed E-state index contributed by atoms with van der Waals surface area (Å²) in [5, 5.41) is 19.4. The number of carbonyl (C=O) groups is 1. The molecule has 5 N–H and O–H groups in total. The fraction of sp³-hybridized carbons (Fsp3) is 0.118. The predicted molar refractivity (Wildman–Crippen MR) is 88.1 cm³/mol. The summed E-state index contributed by atoms with van der Waals surface area (Å²) in [6, 6.07) is 6.95. The van der Waals surface area contributed by atoms with Crippen molar-refractivity contribution in [2.75, 3.05) is 0 Å². The minimum atomic E-state index is -4.63. The first-order chi connectivity index (χ1) is 12.1. The fourth-order valence-electron chi connectivity index (χ4n) is 2.42. The van der Waals surface area contributed by atoms with Gasteiger partial charge in [0.05, 0.1) is 22.8 Å². The van der Waals surface area contributed by atoms with Crippen LogP contribution in [0.1, 0.15) is 27.0 Å². The number of amides is 1. The predicted octanol–water partition coefficient (Wildman–Crippen LogP) is 2.67.